The first kappa shape index (κ1) is 38.1. The zero-order valence-electron chi connectivity index (χ0n) is 29.5. The molecule has 1 unspecified atom stereocenters. The van der Waals surface area contributed by atoms with Crippen molar-refractivity contribution in [1.82, 2.24) is 30.5 Å². The maximum absolute atomic E-state index is 14.2. The van der Waals surface area contributed by atoms with Crippen molar-refractivity contribution in [1.29, 1.82) is 0 Å². The molecule has 15 heteroatoms. The Morgan fingerprint density at radius 1 is 1.08 bits per heavy atom. The summed E-state index contributed by atoms with van der Waals surface area (Å²) in [6.45, 7) is 13.0. The van der Waals surface area contributed by atoms with Crippen LogP contribution in [0.1, 0.15) is 67.2 Å². The number of amides is 4. The highest BCUT2D eigenvalue weighted by Gasteiger charge is 2.47. The Hall–Kier alpha value is -2.75. The molecule has 3 saturated heterocycles. The molecular formula is C33H53BrN6O8. The number of nitrogens with zero attached hydrogens (tertiary/aromatic N) is 4. The van der Waals surface area contributed by atoms with Gasteiger partial charge in [0.05, 0.1) is 31.8 Å². The maximum Gasteiger partial charge on any atom is 0.410 e. The monoisotopic (exact) mass is 740 g/mol. The van der Waals surface area contributed by atoms with Gasteiger partial charge in [0, 0.05) is 44.3 Å². The number of ether oxygens (including phenoxy) is 3. The zero-order chi connectivity index (χ0) is 35.5. The van der Waals surface area contributed by atoms with Crippen LogP contribution in [-0.4, -0.2) is 139 Å². The maximum atomic E-state index is 14.2. The lowest BCUT2D eigenvalue weighted by Crippen LogP contribution is -2.64. The van der Waals surface area contributed by atoms with Crippen molar-refractivity contribution in [2.24, 2.45) is 11.8 Å². The smallest absolute Gasteiger partial charge is 0.410 e. The number of carbonyl (C=O) groups excluding carboxylic acids is 5. The van der Waals surface area contributed by atoms with Gasteiger partial charge in [-0.05, 0) is 57.9 Å². The Labute approximate surface area is 292 Å². The Bertz CT molecular complexity index is 1270. The van der Waals surface area contributed by atoms with E-state index < -0.39 is 53.7 Å². The van der Waals surface area contributed by atoms with Gasteiger partial charge in [-0.15, -0.1) is 0 Å². The van der Waals surface area contributed by atoms with Crippen molar-refractivity contribution in [3.05, 3.63) is 10.1 Å². The fraction of sp³-hybridized carbons (Fsp3) is 0.788. The summed E-state index contributed by atoms with van der Waals surface area (Å²) in [5.74, 6) is -2.49. The molecule has 0 aromatic rings. The minimum Gasteiger partial charge on any atom is -0.468 e. The third kappa shape index (κ3) is 8.69. The highest BCUT2D eigenvalue weighted by atomic mass is 79.9. The molecular weight excluding hydrogens is 688 g/mol. The Morgan fingerprint density at radius 2 is 1.79 bits per heavy atom. The van der Waals surface area contributed by atoms with Crippen LogP contribution in [0.25, 0.3) is 0 Å². The van der Waals surface area contributed by atoms with Gasteiger partial charge < -0.3 is 29.3 Å². The average molecular weight is 742 g/mol. The molecule has 0 radical (unpaired) electrons. The number of fused-ring (bicyclic) bond motifs is 3. The quantitative estimate of drug-likeness (QED) is 0.410. The van der Waals surface area contributed by atoms with Gasteiger partial charge in [-0.1, -0.05) is 36.7 Å². The van der Waals surface area contributed by atoms with E-state index in [9.17, 15) is 24.0 Å². The molecule has 0 aliphatic carbocycles. The van der Waals surface area contributed by atoms with Crippen LogP contribution in [0, 0.1) is 11.8 Å². The van der Waals surface area contributed by atoms with E-state index in [0.29, 0.717) is 51.9 Å². The first-order chi connectivity index (χ1) is 22.6. The molecule has 0 aromatic carbocycles. The number of methoxy groups -OCH3 is 1. The molecule has 4 amide bonds. The number of likely N-dealkylation sites (tertiary alicyclic amines) is 1. The normalized spacial score (nSPS) is 30.9. The summed E-state index contributed by atoms with van der Waals surface area (Å²) >= 11 is 3.75. The first-order valence-electron chi connectivity index (χ1n) is 17.0. The van der Waals surface area contributed by atoms with Crippen molar-refractivity contribution in [2.75, 3.05) is 53.5 Å². The summed E-state index contributed by atoms with van der Waals surface area (Å²) in [4.78, 5) is 73.3. The number of hydrazine groups is 1. The minimum atomic E-state index is -0.986. The summed E-state index contributed by atoms with van der Waals surface area (Å²) in [6, 6.07) is -3.15. The number of likely N-dealkylation sites (N-methyl/N-ethyl adjacent to an activating group) is 1. The molecule has 270 valence electrons. The second-order valence-electron chi connectivity index (χ2n) is 14.5. The fourth-order valence-electron chi connectivity index (χ4n) is 7.17. The van der Waals surface area contributed by atoms with Crippen LogP contribution in [0.3, 0.4) is 0 Å². The molecule has 48 heavy (non-hydrogen) atoms. The van der Waals surface area contributed by atoms with E-state index in [1.54, 1.807) is 32.7 Å². The van der Waals surface area contributed by atoms with Crippen LogP contribution in [0.2, 0.25) is 0 Å². The molecule has 2 N–H and O–H groups in total. The molecule has 0 aromatic heterocycles. The summed E-state index contributed by atoms with van der Waals surface area (Å²) in [6.07, 6.45) is 1.32. The van der Waals surface area contributed by atoms with E-state index in [-0.39, 0.29) is 37.0 Å². The standard InChI is InChI=1S/C33H53BrN6O8/c1-9-20-22(34)15-38-16-24(30(43)40-13-10-11-23(36-40)31(44)46-8)35-28(41)27(19(2)3)37(7)29(42)21-12-14-39(32(45)48-33(4,5)6)25(21)18-47-26(20)17-38/h19,21,23-27,36H,9-18H2,1-8H3,(H,35,41)/t21-,23-,24-,25+,26+,27-/m0/s1. The van der Waals surface area contributed by atoms with Crippen molar-refractivity contribution < 1.29 is 38.2 Å². The van der Waals surface area contributed by atoms with Gasteiger partial charge in [0.1, 0.15) is 23.7 Å². The van der Waals surface area contributed by atoms with Gasteiger partial charge in [0.15, 0.2) is 0 Å². The van der Waals surface area contributed by atoms with Gasteiger partial charge in [-0.3, -0.25) is 29.1 Å². The predicted molar refractivity (Wildman–Crippen MR) is 180 cm³/mol. The van der Waals surface area contributed by atoms with Crippen LogP contribution in [-0.2, 0) is 33.4 Å². The van der Waals surface area contributed by atoms with Crippen LogP contribution in [0.15, 0.2) is 10.1 Å². The number of esters is 1. The second kappa shape index (κ2) is 15.9. The summed E-state index contributed by atoms with van der Waals surface area (Å²) < 4.78 is 18.2. The Kier molecular flexibility index (Phi) is 12.6. The molecule has 4 heterocycles. The van der Waals surface area contributed by atoms with Gasteiger partial charge in [0.2, 0.25) is 11.8 Å². The highest BCUT2D eigenvalue weighted by molar-refractivity contribution is 9.11. The van der Waals surface area contributed by atoms with Crippen molar-refractivity contribution in [3.63, 3.8) is 0 Å². The number of nitrogens with one attached hydrogen (secondary N) is 2. The second-order valence-corrected chi connectivity index (χ2v) is 15.4. The van der Waals surface area contributed by atoms with Crippen molar-refractivity contribution in [3.8, 4) is 0 Å². The summed E-state index contributed by atoms with van der Waals surface area (Å²) in [5.41, 5.74) is 3.34. The lowest BCUT2D eigenvalue weighted by molar-refractivity contribution is -0.152. The van der Waals surface area contributed by atoms with Gasteiger partial charge in [0.25, 0.3) is 5.91 Å². The van der Waals surface area contributed by atoms with E-state index >= 15 is 0 Å². The fourth-order valence-corrected chi connectivity index (χ4v) is 8.06. The van der Waals surface area contributed by atoms with Crippen molar-refractivity contribution in [2.45, 2.75) is 103 Å². The SMILES string of the molecule is CCC1=C(Br)CN2C[C@@H](C(=O)N3CCC[C@@H](C(=O)OC)N3)NC(=O)[C@H](C(C)C)N(C)C(=O)[C@H]3CCN(C(=O)OC(C)(C)C)[C@@H]3CO[C@@H]1C2. The number of halogens is 1. The largest absolute Gasteiger partial charge is 0.468 e. The number of hydrogen-bond donors (Lipinski definition) is 2. The number of hydrogen-bond acceptors (Lipinski definition) is 10. The molecule has 0 saturated carbocycles. The van der Waals surface area contributed by atoms with Crippen molar-refractivity contribution >= 4 is 45.7 Å². The molecule has 2 bridgehead atoms. The van der Waals surface area contributed by atoms with Gasteiger partial charge in [-0.2, -0.15) is 0 Å². The van der Waals surface area contributed by atoms with Crippen LogP contribution in [0.4, 0.5) is 4.79 Å². The molecule has 4 aliphatic heterocycles. The van der Waals surface area contributed by atoms with Gasteiger partial charge in [-0.25, -0.2) is 10.2 Å². The number of carbonyl (C=O) groups is 5. The van der Waals surface area contributed by atoms with E-state index in [1.165, 1.54) is 17.0 Å². The van der Waals surface area contributed by atoms with E-state index in [2.05, 4.69) is 31.6 Å². The van der Waals surface area contributed by atoms with Crippen LogP contribution < -0.4 is 10.7 Å². The first-order valence-corrected chi connectivity index (χ1v) is 17.8. The van der Waals surface area contributed by atoms with E-state index in [1.807, 2.05) is 20.8 Å². The third-order valence-corrected chi connectivity index (χ3v) is 10.3. The van der Waals surface area contributed by atoms with E-state index in [4.69, 9.17) is 14.2 Å². The summed E-state index contributed by atoms with van der Waals surface area (Å²) in [7, 11) is 2.91. The van der Waals surface area contributed by atoms with Gasteiger partial charge >= 0.3 is 12.1 Å². The molecule has 4 rings (SSSR count). The number of rotatable bonds is 4. The molecule has 7 atom stereocenters. The average Bonchev–Trinajstić information content (AvgIpc) is 3.45. The predicted octanol–water partition coefficient (Wildman–Crippen LogP) is 2.02. The topological polar surface area (TPSA) is 150 Å². The lowest BCUT2D eigenvalue weighted by atomic mass is 9.94. The lowest BCUT2D eigenvalue weighted by Gasteiger charge is -2.41. The molecule has 3 fully saturated rings. The zero-order valence-corrected chi connectivity index (χ0v) is 31.1. The Morgan fingerprint density at radius 3 is 2.42 bits per heavy atom. The minimum absolute atomic E-state index is 0.0965. The summed E-state index contributed by atoms with van der Waals surface area (Å²) in [5, 5.41) is 4.38. The van der Waals surface area contributed by atoms with Crippen LogP contribution >= 0.6 is 15.9 Å². The van der Waals surface area contributed by atoms with E-state index in [0.717, 1.165) is 10.1 Å². The molecule has 0 spiro atoms. The van der Waals surface area contributed by atoms with Crippen LogP contribution in [0.5, 0.6) is 0 Å². The highest BCUT2D eigenvalue weighted by Crippen LogP contribution is 2.33. The Balaban J connectivity index is 1.70. The third-order valence-electron chi connectivity index (χ3n) is 9.52. The molecule has 4 aliphatic rings. The molecule has 14 nitrogen and oxygen atoms in total.